The zero-order chi connectivity index (χ0) is 16.0. The quantitative estimate of drug-likeness (QED) is 0.842. The summed E-state index contributed by atoms with van der Waals surface area (Å²) in [6.07, 6.45) is 2.35. The van der Waals surface area contributed by atoms with Crippen molar-refractivity contribution in [3.8, 4) is 17.0 Å². The summed E-state index contributed by atoms with van der Waals surface area (Å²) in [5.41, 5.74) is 11.2. The number of aliphatic hydroxyl groups excluding tert-OH is 1. The molecule has 23 heavy (non-hydrogen) atoms. The van der Waals surface area contributed by atoms with Crippen LogP contribution in [-0.4, -0.2) is 41.7 Å². The monoisotopic (exact) mass is 314 g/mol. The number of nitrogens with two attached hydrogens (primary N) is 1. The van der Waals surface area contributed by atoms with Gasteiger partial charge in [-0.25, -0.2) is 0 Å². The van der Waals surface area contributed by atoms with Crippen molar-refractivity contribution in [1.82, 2.24) is 9.78 Å². The molecule has 3 aliphatic rings. The number of aliphatic hydroxyl groups is 1. The second-order valence-electron chi connectivity index (χ2n) is 6.25. The van der Waals surface area contributed by atoms with Crippen molar-refractivity contribution in [2.75, 3.05) is 37.4 Å². The van der Waals surface area contributed by atoms with Gasteiger partial charge in [0, 0.05) is 24.6 Å². The molecule has 0 spiro atoms. The smallest absolute Gasteiger partial charge is 0.141 e. The summed E-state index contributed by atoms with van der Waals surface area (Å²) in [5.74, 6) is 1.22. The van der Waals surface area contributed by atoms with Gasteiger partial charge in [-0.3, -0.25) is 4.68 Å². The second-order valence-corrected chi connectivity index (χ2v) is 6.25. The molecule has 1 fully saturated rings. The van der Waals surface area contributed by atoms with Gasteiger partial charge in [-0.1, -0.05) is 0 Å². The van der Waals surface area contributed by atoms with Crippen molar-refractivity contribution in [3.63, 3.8) is 0 Å². The lowest BCUT2D eigenvalue weighted by Gasteiger charge is -2.39. The van der Waals surface area contributed by atoms with Crippen molar-refractivity contribution >= 4 is 11.4 Å². The highest BCUT2D eigenvalue weighted by Crippen LogP contribution is 2.47. The summed E-state index contributed by atoms with van der Waals surface area (Å²) in [7, 11) is 1.62. The fraction of sp³-hybridized carbons (Fsp3) is 0.471. The number of nitrogen functional groups attached to an aromatic ring is 1. The summed E-state index contributed by atoms with van der Waals surface area (Å²) in [6.45, 7) is 2.74. The van der Waals surface area contributed by atoms with Gasteiger partial charge in [0.05, 0.1) is 43.0 Å². The van der Waals surface area contributed by atoms with E-state index in [1.165, 1.54) is 24.2 Å². The van der Waals surface area contributed by atoms with Crippen LogP contribution in [0.25, 0.3) is 11.3 Å². The van der Waals surface area contributed by atoms with Crippen LogP contribution in [0.1, 0.15) is 24.5 Å². The highest BCUT2D eigenvalue weighted by molar-refractivity contribution is 5.82. The largest absolute Gasteiger partial charge is 0.495 e. The molecule has 0 radical (unpaired) electrons. The number of fused-ring (bicyclic) bond motifs is 2. The summed E-state index contributed by atoms with van der Waals surface area (Å²) in [5, 5.41) is 14.2. The number of piperidine rings is 1. The van der Waals surface area contributed by atoms with Crippen molar-refractivity contribution < 1.29 is 9.84 Å². The van der Waals surface area contributed by atoms with Crippen LogP contribution in [0, 0.1) is 0 Å². The van der Waals surface area contributed by atoms with Crippen LogP contribution < -0.4 is 15.4 Å². The molecule has 0 aliphatic carbocycles. The number of ether oxygens (including phenoxy) is 1. The Morgan fingerprint density at radius 3 is 2.78 bits per heavy atom. The van der Waals surface area contributed by atoms with E-state index < -0.39 is 0 Å². The van der Waals surface area contributed by atoms with Gasteiger partial charge in [-0.15, -0.1) is 0 Å². The van der Waals surface area contributed by atoms with Crippen LogP contribution in [0.15, 0.2) is 18.2 Å². The van der Waals surface area contributed by atoms with E-state index in [9.17, 15) is 5.11 Å². The SMILES string of the molecule is COc1ccc(-c2c3c(nn2CCO)C2CCN3CC2)cc1N. The molecule has 6 heteroatoms. The van der Waals surface area contributed by atoms with Gasteiger partial charge in [-0.2, -0.15) is 5.10 Å². The molecular weight excluding hydrogens is 292 g/mol. The Hall–Kier alpha value is -2.21. The predicted molar refractivity (Wildman–Crippen MR) is 89.9 cm³/mol. The molecule has 2 bridgehead atoms. The molecule has 122 valence electrons. The molecule has 0 amide bonds. The van der Waals surface area contributed by atoms with E-state index >= 15 is 0 Å². The van der Waals surface area contributed by atoms with Crippen LogP contribution >= 0.6 is 0 Å². The molecule has 3 N–H and O–H groups in total. The zero-order valence-electron chi connectivity index (χ0n) is 13.3. The minimum atomic E-state index is 0.0733. The Morgan fingerprint density at radius 2 is 2.13 bits per heavy atom. The number of rotatable bonds is 4. The van der Waals surface area contributed by atoms with Crippen molar-refractivity contribution in [2.24, 2.45) is 0 Å². The molecule has 6 nitrogen and oxygen atoms in total. The highest BCUT2D eigenvalue weighted by Gasteiger charge is 2.37. The summed E-state index contributed by atoms with van der Waals surface area (Å²) >= 11 is 0. The molecule has 1 aromatic carbocycles. The zero-order valence-corrected chi connectivity index (χ0v) is 13.3. The number of hydrogen-bond donors (Lipinski definition) is 2. The maximum absolute atomic E-state index is 9.42. The van der Waals surface area contributed by atoms with Gasteiger partial charge in [0.1, 0.15) is 5.75 Å². The lowest BCUT2D eigenvalue weighted by atomic mass is 9.86. The van der Waals surface area contributed by atoms with Crippen molar-refractivity contribution in [2.45, 2.75) is 25.3 Å². The number of aromatic nitrogens is 2. The molecule has 4 heterocycles. The average Bonchev–Trinajstić information content (AvgIpc) is 2.97. The van der Waals surface area contributed by atoms with E-state index in [-0.39, 0.29) is 6.61 Å². The molecule has 0 saturated carbocycles. The first kappa shape index (κ1) is 14.4. The van der Waals surface area contributed by atoms with E-state index in [4.69, 9.17) is 15.6 Å². The summed E-state index contributed by atoms with van der Waals surface area (Å²) in [6, 6.07) is 5.85. The maximum Gasteiger partial charge on any atom is 0.141 e. The van der Waals surface area contributed by atoms with Gasteiger partial charge in [0.25, 0.3) is 0 Å². The highest BCUT2D eigenvalue weighted by atomic mass is 16.5. The maximum atomic E-state index is 9.42. The Bertz CT molecular complexity index is 732. The van der Waals surface area contributed by atoms with Crippen molar-refractivity contribution in [1.29, 1.82) is 0 Å². The minimum Gasteiger partial charge on any atom is -0.495 e. The van der Waals surface area contributed by atoms with Gasteiger partial charge in [-0.05, 0) is 31.0 Å². The lowest BCUT2D eigenvalue weighted by molar-refractivity contribution is 0.269. The molecule has 3 aliphatic heterocycles. The van der Waals surface area contributed by atoms with Gasteiger partial charge in [0.15, 0.2) is 0 Å². The van der Waals surface area contributed by atoms with Crippen LogP contribution in [0.4, 0.5) is 11.4 Å². The fourth-order valence-electron chi connectivity index (χ4n) is 3.86. The third-order valence-corrected chi connectivity index (χ3v) is 4.97. The molecule has 0 unspecified atom stereocenters. The summed E-state index contributed by atoms with van der Waals surface area (Å²) in [4.78, 5) is 2.42. The molecule has 5 rings (SSSR count). The van der Waals surface area contributed by atoms with Gasteiger partial charge >= 0.3 is 0 Å². The standard InChI is InChI=1S/C17H22N4O2/c1-23-14-3-2-12(10-13(14)18)16-17-15(19-21(16)8-9-22)11-4-6-20(17)7-5-11/h2-3,10-11,22H,4-9,18H2,1H3. The third-order valence-electron chi connectivity index (χ3n) is 4.97. The number of methoxy groups -OCH3 is 1. The number of hydrogen-bond acceptors (Lipinski definition) is 5. The first-order valence-electron chi connectivity index (χ1n) is 8.13. The Morgan fingerprint density at radius 1 is 1.35 bits per heavy atom. The Labute approximate surface area is 135 Å². The average molecular weight is 314 g/mol. The minimum absolute atomic E-state index is 0.0733. The molecule has 1 aromatic heterocycles. The summed E-state index contributed by atoms with van der Waals surface area (Å²) < 4.78 is 7.19. The molecule has 1 saturated heterocycles. The lowest BCUT2D eigenvalue weighted by Crippen LogP contribution is -2.38. The van der Waals surface area contributed by atoms with Gasteiger partial charge in [0.2, 0.25) is 0 Å². The number of nitrogens with zero attached hydrogens (tertiary/aromatic N) is 3. The van der Waals surface area contributed by atoms with E-state index in [0.29, 0.717) is 23.9 Å². The Kier molecular flexibility index (Phi) is 3.41. The third kappa shape index (κ3) is 2.16. The second kappa shape index (κ2) is 5.45. The predicted octanol–water partition coefficient (Wildman–Crippen LogP) is 1.83. The van der Waals surface area contributed by atoms with Crippen LogP contribution in [0.5, 0.6) is 5.75 Å². The first-order valence-corrected chi connectivity index (χ1v) is 8.13. The number of benzene rings is 1. The van der Waals surface area contributed by atoms with Crippen LogP contribution in [0.2, 0.25) is 0 Å². The molecular formula is C17H22N4O2. The van der Waals surface area contributed by atoms with E-state index in [0.717, 1.165) is 24.3 Å². The normalized spacial score (nSPS) is 16.7. The Balaban J connectivity index is 1.89. The van der Waals surface area contributed by atoms with Gasteiger partial charge < -0.3 is 20.5 Å². The van der Waals surface area contributed by atoms with Crippen LogP contribution in [0.3, 0.4) is 0 Å². The topological polar surface area (TPSA) is 76.5 Å². The van der Waals surface area contributed by atoms with E-state index in [1.54, 1.807) is 7.11 Å². The van der Waals surface area contributed by atoms with E-state index in [2.05, 4.69) is 4.90 Å². The van der Waals surface area contributed by atoms with Crippen LogP contribution in [-0.2, 0) is 6.54 Å². The fourth-order valence-corrected chi connectivity index (χ4v) is 3.86. The van der Waals surface area contributed by atoms with Crippen molar-refractivity contribution in [3.05, 3.63) is 23.9 Å². The molecule has 0 atom stereocenters. The van der Waals surface area contributed by atoms with E-state index in [1.807, 2.05) is 22.9 Å². The number of anilines is 2. The molecule has 2 aromatic rings. The first-order chi connectivity index (χ1) is 11.2.